The summed E-state index contributed by atoms with van der Waals surface area (Å²) in [5, 5.41) is 0.550. The Morgan fingerprint density at radius 2 is 1.74 bits per heavy atom. The summed E-state index contributed by atoms with van der Waals surface area (Å²) in [6, 6.07) is 22.3. The van der Waals surface area contributed by atoms with E-state index >= 15 is 0 Å². The van der Waals surface area contributed by atoms with Crippen LogP contribution in [0.4, 0.5) is 0 Å². The zero-order chi connectivity index (χ0) is 21.6. The molecular formula is C25H20ClNO4. The van der Waals surface area contributed by atoms with Gasteiger partial charge in [-0.1, -0.05) is 54.1 Å². The van der Waals surface area contributed by atoms with Gasteiger partial charge >= 0.3 is 5.97 Å². The number of ether oxygens (including phenoxy) is 3. The van der Waals surface area contributed by atoms with Crippen LogP contribution < -0.4 is 9.47 Å². The number of hydrogen-bond acceptors (Lipinski definition) is 5. The fourth-order valence-electron chi connectivity index (χ4n) is 3.06. The summed E-state index contributed by atoms with van der Waals surface area (Å²) in [5.41, 5.74) is 2.63. The first-order valence-corrected chi connectivity index (χ1v) is 10.2. The molecule has 31 heavy (non-hydrogen) atoms. The second-order valence-corrected chi connectivity index (χ2v) is 7.13. The van der Waals surface area contributed by atoms with Crippen molar-refractivity contribution in [3.63, 3.8) is 0 Å². The van der Waals surface area contributed by atoms with Gasteiger partial charge in [-0.05, 0) is 48.9 Å². The smallest absolute Gasteiger partial charge is 0.363 e. The molecule has 0 radical (unpaired) electrons. The van der Waals surface area contributed by atoms with Gasteiger partial charge < -0.3 is 14.2 Å². The molecule has 1 aliphatic rings. The summed E-state index contributed by atoms with van der Waals surface area (Å²) < 4.78 is 16.9. The molecule has 3 aromatic rings. The Hall–Kier alpha value is -3.57. The van der Waals surface area contributed by atoms with E-state index in [1.54, 1.807) is 12.1 Å². The lowest BCUT2D eigenvalue weighted by atomic mass is 10.1. The number of para-hydroxylation sites is 1. The lowest BCUT2D eigenvalue weighted by Gasteiger charge is -2.13. The SMILES string of the molecule is CCOc1cc(C=C2N=C(c3ccccc3)OC2=O)ccc1COc1ccccc1Cl. The molecule has 0 N–H and O–H groups in total. The molecule has 0 spiro atoms. The zero-order valence-electron chi connectivity index (χ0n) is 16.9. The maximum atomic E-state index is 12.3. The van der Waals surface area contributed by atoms with E-state index < -0.39 is 5.97 Å². The first-order valence-electron chi connectivity index (χ1n) is 9.85. The summed E-state index contributed by atoms with van der Waals surface area (Å²) in [6.45, 7) is 2.71. The molecule has 156 valence electrons. The summed E-state index contributed by atoms with van der Waals surface area (Å²) in [6.07, 6.45) is 1.68. The van der Waals surface area contributed by atoms with Gasteiger partial charge in [0, 0.05) is 11.1 Å². The predicted octanol–water partition coefficient (Wildman–Crippen LogP) is 5.66. The van der Waals surface area contributed by atoms with Crippen LogP contribution in [0.2, 0.25) is 5.02 Å². The Labute approximate surface area is 185 Å². The summed E-state index contributed by atoms with van der Waals surface area (Å²) >= 11 is 6.16. The summed E-state index contributed by atoms with van der Waals surface area (Å²) in [7, 11) is 0. The van der Waals surface area contributed by atoms with E-state index in [9.17, 15) is 4.79 Å². The van der Waals surface area contributed by atoms with Crippen LogP contribution >= 0.6 is 11.6 Å². The molecule has 5 nitrogen and oxygen atoms in total. The predicted molar refractivity (Wildman–Crippen MR) is 120 cm³/mol. The third kappa shape index (κ3) is 4.95. The molecule has 0 unspecified atom stereocenters. The maximum absolute atomic E-state index is 12.3. The third-order valence-electron chi connectivity index (χ3n) is 4.56. The Morgan fingerprint density at radius 1 is 0.968 bits per heavy atom. The molecule has 0 atom stereocenters. The molecule has 6 heteroatoms. The highest BCUT2D eigenvalue weighted by Gasteiger charge is 2.24. The normalized spacial score (nSPS) is 14.3. The number of benzene rings is 3. The molecule has 1 aliphatic heterocycles. The molecule has 0 bridgehead atoms. The topological polar surface area (TPSA) is 57.1 Å². The number of esters is 1. The molecule has 0 fully saturated rings. The first kappa shape index (κ1) is 20.7. The van der Waals surface area contributed by atoms with E-state index in [1.807, 2.05) is 73.7 Å². The van der Waals surface area contributed by atoms with Gasteiger partial charge in [-0.15, -0.1) is 0 Å². The van der Waals surface area contributed by atoms with Crippen LogP contribution in [0.3, 0.4) is 0 Å². The summed E-state index contributed by atoms with van der Waals surface area (Å²) in [4.78, 5) is 16.6. The summed E-state index contributed by atoms with van der Waals surface area (Å²) in [5.74, 6) is 1.09. The third-order valence-corrected chi connectivity index (χ3v) is 4.87. The van der Waals surface area contributed by atoms with E-state index in [0.717, 1.165) is 16.7 Å². The molecule has 0 amide bonds. The molecular weight excluding hydrogens is 414 g/mol. The average molecular weight is 434 g/mol. The minimum atomic E-state index is -0.483. The number of aliphatic imine (C=N–C) groups is 1. The van der Waals surface area contributed by atoms with Crippen LogP contribution in [0.25, 0.3) is 6.08 Å². The van der Waals surface area contributed by atoms with Gasteiger partial charge in [0.15, 0.2) is 5.70 Å². The van der Waals surface area contributed by atoms with E-state index in [0.29, 0.717) is 35.6 Å². The van der Waals surface area contributed by atoms with Crippen molar-refractivity contribution in [2.75, 3.05) is 6.61 Å². The van der Waals surface area contributed by atoms with E-state index in [1.165, 1.54) is 0 Å². The fourth-order valence-corrected chi connectivity index (χ4v) is 3.25. The second-order valence-electron chi connectivity index (χ2n) is 6.72. The van der Waals surface area contributed by atoms with Crippen molar-refractivity contribution in [3.05, 3.63) is 100 Å². The Morgan fingerprint density at radius 3 is 2.52 bits per heavy atom. The van der Waals surface area contributed by atoms with Crippen LogP contribution in [0.15, 0.2) is 83.5 Å². The van der Waals surface area contributed by atoms with Crippen molar-refractivity contribution in [2.45, 2.75) is 13.5 Å². The molecule has 0 saturated heterocycles. The van der Waals surface area contributed by atoms with Crippen LogP contribution in [-0.2, 0) is 16.1 Å². The van der Waals surface area contributed by atoms with Gasteiger partial charge in [0.05, 0.1) is 11.6 Å². The van der Waals surface area contributed by atoms with Gasteiger partial charge in [0.1, 0.15) is 18.1 Å². The number of cyclic esters (lactones) is 1. The number of rotatable bonds is 7. The number of carbonyl (C=O) groups excluding carboxylic acids is 1. The Bertz CT molecular complexity index is 1160. The van der Waals surface area contributed by atoms with Gasteiger partial charge in [-0.25, -0.2) is 9.79 Å². The number of nitrogens with zero attached hydrogens (tertiary/aromatic N) is 1. The van der Waals surface area contributed by atoms with E-state index in [4.69, 9.17) is 25.8 Å². The van der Waals surface area contributed by atoms with Gasteiger partial charge in [-0.3, -0.25) is 0 Å². The minimum absolute atomic E-state index is 0.237. The van der Waals surface area contributed by atoms with Crippen LogP contribution in [0.1, 0.15) is 23.6 Å². The number of hydrogen-bond donors (Lipinski definition) is 0. The van der Waals surface area contributed by atoms with E-state index in [2.05, 4.69) is 4.99 Å². The zero-order valence-corrected chi connectivity index (χ0v) is 17.6. The Kier molecular flexibility index (Phi) is 6.34. The van der Waals surface area contributed by atoms with Gasteiger partial charge in [0.25, 0.3) is 0 Å². The highest BCUT2D eigenvalue weighted by atomic mass is 35.5. The average Bonchev–Trinajstić information content (AvgIpc) is 3.15. The maximum Gasteiger partial charge on any atom is 0.363 e. The van der Waals surface area contributed by atoms with Gasteiger partial charge in [-0.2, -0.15) is 0 Å². The molecule has 0 aromatic heterocycles. The Balaban J connectivity index is 1.56. The molecule has 0 saturated carbocycles. The highest BCUT2D eigenvalue weighted by Crippen LogP contribution is 2.28. The first-order chi connectivity index (χ1) is 15.1. The fraction of sp³-hybridized carbons (Fsp3) is 0.120. The minimum Gasteiger partial charge on any atom is -0.493 e. The van der Waals surface area contributed by atoms with Crippen molar-refractivity contribution in [2.24, 2.45) is 4.99 Å². The van der Waals surface area contributed by atoms with Crippen molar-refractivity contribution in [1.82, 2.24) is 0 Å². The van der Waals surface area contributed by atoms with E-state index in [-0.39, 0.29) is 5.70 Å². The van der Waals surface area contributed by atoms with Crippen molar-refractivity contribution < 1.29 is 19.0 Å². The van der Waals surface area contributed by atoms with Crippen LogP contribution in [0.5, 0.6) is 11.5 Å². The quantitative estimate of drug-likeness (QED) is 0.356. The monoisotopic (exact) mass is 433 g/mol. The highest BCUT2D eigenvalue weighted by molar-refractivity contribution is 6.32. The largest absolute Gasteiger partial charge is 0.493 e. The van der Waals surface area contributed by atoms with Crippen LogP contribution in [-0.4, -0.2) is 18.5 Å². The lowest BCUT2D eigenvalue weighted by Crippen LogP contribution is -2.05. The second kappa shape index (κ2) is 9.49. The molecule has 4 rings (SSSR count). The van der Waals surface area contributed by atoms with Crippen molar-refractivity contribution in [3.8, 4) is 11.5 Å². The van der Waals surface area contributed by atoms with Crippen molar-refractivity contribution >= 4 is 29.5 Å². The van der Waals surface area contributed by atoms with Crippen LogP contribution in [0, 0.1) is 0 Å². The molecule has 1 heterocycles. The standard InChI is InChI=1S/C25H20ClNO4/c1-2-29-23-15-17(12-13-19(23)16-30-22-11-7-6-10-20(22)26)14-21-25(28)31-24(27-21)18-8-4-3-5-9-18/h3-15H,2,16H2,1H3. The van der Waals surface area contributed by atoms with Crippen molar-refractivity contribution in [1.29, 1.82) is 0 Å². The number of carbonyl (C=O) groups is 1. The number of halogens is 1. The molecule has 3 aromatic carbocycles. The molecule has 0 aliphatic carbocycles. The van der Waals surface area contributed by atoms with Gasteiger partial charge in [0.2, 0.25) is 5.90 Å². The lowest BCUT2D eigenvalue weighted by molar-refractivity contribution is -0.129.